The number of hydrogen-bond acceptors (Lipinski definition) is 4. The molecule has 1 saturated heterocycles. The van der Waals surface area contributed by atoms with Crippen LogP contribution in [0.1, 0.15) is 67.1 Å². The fraction of sp³-hybridized carbons (Fsp3) is 0.737. The number of aromatic nitrogens is 1. The average molecular weight is 364 g/mol. The van der Waals surface area contributed by atoms with Crippen LogP contribution in [0.5, 0.6) is 0 Å². The number of likely N-dealkylation sites (tertiary alicyclic amines) is 1. The number of carbonyl (C=O) groups is 2. The normalized spacial score (nSPS) is 20.2. The largest absolute Gasteiger partial charge is 0.347 e. The number of amides is 2. The highest BCUT2D eigenvalue weighted by Gasteiger charge is 2.33. The number of hydrogen-bond donors (Lipinski definition) is 1. The van der Waals surface area contributed by atoms with Gasteiger partial charge in [0.15, 0.2) is 0 Å². The summed E-state index contributed by atoms with van der Waals surface area (Å²) in [5.41, 5.74) is 1.05. The molecule has 1 N–H and O–H groups in total. The second-order valence-electron chi connectivity index (χ2n) is 7.39. The Morgan fingerprint density at radius 2 is 1.88 bits per heavy atom. The van der Waals surface area contributed by atoms with Crippen LogP contribution in [0.4, 0.5) is 0 Å². The van der Waals surface area contributed by atoms with E-state index in [0.717, 1.165) is 55.9 Å². The van der Waals surface area contributed by atoms with Crippen LogP contribution in [0.15, 0.2) is 0 Å². The van der Waals surface area contributed by atoms with Crippen molar-refractivity contribution in [3.8, 4) is 0 Å². The van der Waals surface area contributed by atoms with Crippen molar-refractivity contribution in [1.82, 2.24) is 15.2 Å². The minimum Gasteiger partial charge on any atom is -0.347 e. The molecule has 0 bridgehead atoms. The van der Waals surface area contributed by atoms with Crippen LogP contribution in [0, 0.1) is 25.7 Å². The summed E-state index contributed by atoms with van der Waals surface area (Å²) in [6.45, 7) is 7.61. The molecule has 2 amide bonds. The molecule has 1 aliphatic carbocycles. The van der Waals surface area contributed by atoms with Gasteiger partial charge in [-0.05, 0) is 46.0 Å². The summed E-state index contributed by atoms with van der Waals surface area (Å²) in [7, 11) is 0. The number of aryl methyl sites for hydroxylation is 2. The maximum absolute atomic E-state index is 12.7. The second-order valence-corrected chi connectivity index (χ2v) is 8.63. The Hall–Kier alpha value is -1.43. The van der Waals surface area contributed by atoms with Gasteiger partial charge in [0.1, 0.15) is 5.01 Å². The lowest BCUT2D eigenvalue weighted by Gasteiger charge is -2.36. The van der Waals surface area contributed by atoms with Crippen LogP contribution in [0.25, 0.3) is 0 Å². The Morgan fingerprint density at radius 3 is 2.36 bits per heavy atom. The minimum absolute atomic E-state index is 0.000428. The van der Waals surface area contributed by atoms with Crippen molar-refractivity contribution >= 4 is 23.2 Å². The first-order valence-electron chi connectivity index (χ1n) is 9.52. The van der Waals surface area contributed by atoms with Gasteiger partial charge in [-0.25, -0.2) is 4.98 Å². The van der Waals surface area contributed by atoms with Gasteiger partial charge in [-0.1, -0.05) is 13.3 Å². The minimum atomic E-state index is -0.000428. The molecule has 1 aromatic heterocycles. The van der Waals surface area contributed by atoms with E-state index < -0.39 is 0 Å². The van der Waals surface area contributed by atoms with Gasteiger partial charge in [0.25, 0.3) is 0 Å². The van der Waals surface area contributed by atoms with Gasteiger partial charge in [-0.2, -0.15) is 0 Å². The predicted molar refractivity (Wildman–Crippen MR) is 99.4 cm³/mol. The van der Waals surface area contributed by atoms with Crippen molar-refractivity contribution in [1.29, 1.82) is 0 Å². The van der Waals surface area contributed by atoms with Crippen LogP contribution in [0.3, 0.4) is 0 Å². The van der Waals surface area contributed by atoms with E-state index in [9.17, 15) is 9.59 Å². The maximum Gasteiger partial charge on any atom is 0.225 e. The van der Waals surface area contributed by atoms with Crippen molar-refractivity contribution in [3.05, 3.63) is 15.6 Å². The van der Waals surface area contributed by atoms with E-state index in [2.05, 4.69) is 24.1 Å². The van der Waals surface area contributed by atoms with E-state index in [1.807, 2.05) is 11.8 Å². The predicted octanol–water partition coefficient (Wildman–Crippen LogP) is 3.37. The van der Waals surface area contributed by atoms with Gasteiger partial charge >= 0.3 is 0 Å². The van der Waals surface area contributed by atoms with Crippen LogP contribution < -0.4 is 5.32 Å². The smallest absolute Gasteiger partial charge is 0.225 e. The van der Waals surface area contributed by atoms with Crippen molar-refractivity contribution in [3.63, 3.8) is 0 Å². The zero-order valence-corrected chi connectivity index (χ0v) is 16.3. The van der Waals surface area contributed by atoms with Gasteiger partial charge < -0.3 is 10.2 Å². The summed E-state index contributed by atoms with van der Waals surface area (Å²) in [4.78, 5) is 32.8. The van der Waals surface area contributed by atoms with E-state index in [0.29, 0.717) is 5.91 Å². The molecule has 6 heteroatoms. The van der Waals surface area contributed by atoms with Crippen LogP contribution in [0.2, 0.25) is 0 Å². The number of nitrogens with one attached hydrogen (secondary N) is 1. The summed E-state index contributed by atoms with van der Waals surface area (Å²) in [6, 6.07) is -0.000428. The number of rotatable bonds is 5. The molecule has 1 atom stereocenters. The highest BCUT2D eigenvalue weighted by Crippen LogP contribution is 2.30. The van der Waals surface area contributed by atoms with E-state index in [1.165, 1.54) is 11.3 Å². The zero-order valence-electron chi connectivity index (χ0n) is 15.5. The van der Waals surface area contributed by atoms with Crippen molar-refractivity contribution < 1.29 is 9.59 Å². The molecule has 2 fully saturated rings. The molecule has 2 aliphatic rings. The van der Waals surface area contributed by atoms with Gasteiger partial charge in [0.2, 0.25) is 11.8 Å². The Labute approximate surface area is 154 Å². The Kier molecular flexibility index (Phi) is 5.77. The van der Waals surface area contributed by atoms with Gasteiger partial charge in [-0.3, -0.25) is 9.59 Å². The first-order valence-corrected chi connectivity index (χ1v) is 10.3. The lowest BCUT2D eigenvalue weighted by molar-refractivity contribution is -0.141. The van der Waals surface area contributed by atoms with Crippen LogP contribution in [-0.2, 0) is 9.59 Å². The fourth-order valence-corrected chi connectivity index (χ4v) is 4.61. The Morgan fingerprint density at radius 1 is 1.20 bits per heavy atom. The quantitative estimate of drug-likeness (QED) is 0.872. The molecule has 0 aromatic carbocycles. The SMILES string of the molecule is CC[C@H](NC(=O)C1CCN(C(=O)C2CCC2)CC1)c1nc(C)c(C)s1. The summed E-state index contributed by atoms with van der Waals surface area (Å²) in [6.07, 6.45) is 5.67. The van der Waals surface area contributed by atoms with E-state index in [1.54, 1.807) is 11.3 Å². The Balaban J connectivity index is 1.52. The number of thiazole rings is 1. The molecule has 1 aromatic rings. The standard InChI is InChI=1S/C19H29N3O2S/c1-4-16(18-20-12(2)13(3)25-18)21-17(23)14-8-10-22(11-9-14)19(24)15-6-5-7-15/h14-16H,4-11H2,1-3H3,(H,21,23)/t16-/m0/s1. The molecule has 3 rings (SSSR count). The number of carbonyl (C=O) groups excluding carboxylic acids is 2. The lowest BCUT2D eigenvalue weighted by atomic mass is 9.83. The summed E-state index contributed by atoms with van der Waals surface area (Å²) in [5, 5.41) is 4.19. The zero-order chi connectivity index (χ0) is 18.0. The van der Waals surface area contributed by atoms with E-state index >= 15 is 0 Å². The van der Waals surface area contributed by atoms with E-state index in [-0.39, 0.29) is 23.8 Å². The highest BCUT2D eigenvalue weighted by molar-refractivity contribution is 7.11. The molecule has 25 heavy (non-hydrogen) atoms. The van der Waals surface area contributed by atoms with Crippen molar-refractivity contribution in [2.45, 2.75) is 65.3 Å². The summed E-state index contributed by atoms with van der Waals surface area (Å²) in [5.74, 6) is 0.700. The molecule has 1 saturated carbocycles. The Bertz CT molecular complexity index is 611. The number of piperidine rings is 1. The first kappa shape index (κ1) is 18.4. The summed E-state index contributed by atoms with van der Waals surface area (Å²) < 4.78 is 0. The third-order valence-electron chi connectivity index (χ3n) is 5.70. The van der Waals surface area contributed by atoms with Crippen LogP contribution >= 0.6 is 11.3 Å². The molecule has 5 nitrogen and oxygen atoms in total. The second kappa shape index (κ2) is 7.85. The van der Waals surface area contributed by atoms with E-state index in [4.69, 9.17) is 0 Å². The lowest BCUT2D eigenvalue weighted by Crippen LogP contribution is -2.46. The third-order valence-corrected chi connectivity index (χ3v) is 6.89. The molecule has 0 radical (unpaired) electrons. The average Bonchev–Trinajstić information content (AvgIpc) is 2.89. The van der Waals surface area contributed by atoms with Crippen molar-refractivity contribution in [2.75, 3.05) is 13.1 Å². The van der Waals surface area contributed by atoms with Gasteiger partial charge in [-0.15, -0.1) is 11.3 Å². The van der Waals surface area contributed by atoms with Gasteiger partial charge in [0.05, 0.1) is 11.7 Å². The molecule has 2 heterocycles. The monoisotopic (exact) mass is 363 g/mol. The maximum atomic E-state index is 12.7. The van der Waals surface area contributed by atoms with Crippen LogP contribution in [-0.4, -0.2) is 34.8 Å². The molecule has 138 valence electrons. The summed E-state index contributed by atoms with van der Waals surface area (Å²) >= 11 is 1.67. The number of nitrogens with zero attached hydrogens (tertiary/aromatic N) is 2. The molecule has 0 unspecified atom stereocenters. The molecular weight excluding hydrogens is 334 g/mol. The topological polar surface area (TPSA) is 62.3 Å². The highest BCUT2D eigenvalue weighted by atomic mass is 32.1. The third kappa shape index (κ3) is 4.05. The fourth-order valence-electron chi connectivity index (χ4n) is 3.55. The van der Waals surface area contributed by atoms with Gasteiger partial charge in [0, 0.05) is 29.8 Å². The first-order chi connectivity index (χ1) is 12.0. The molecular formula is C19H29N3O2S. The molecule has 0 spiro atoms. The molecule has 1 aliphatic heterocycles. The van der Waals surface area contributed by atoms with Crippen molar-refractivity contribution in [2.24, 2.45) is 11.8 Å².